The van der Waals surface area contributed by atoms with Gasteiger partial charge in [0.05, 0.1) is 6.42 Å². The van der Waals surface area contributed by atoms with Crippen LogP contribution in [0.2, 0.25) is 0 Å². The molecule has 1 atom stereocenters. The molecule has 0 radical (unpaired) electrons. The number of fused-ring (bicyclic) bond motifs is 1. The number of carboxylic acid groups (broad SMARTS) is 1. The number of ether oxygens (including phenoxy) is 1. The van der Waals surface area contributed by atoms with Crippen LogP contribution in [0.15, 0.2) is 48.5 Å². The summed E-state index contributed by atoms with van der Waals surface area (Å²) in [6, 6.07) is 14.0. The van der Waals surface area contributed by atoms with Gasteiger partial charge < -0.3 is 29.9 Å². The van der Waals surface area contributed by atoms with E-state index in [-0.39, 0.29) is 30.9 Å². The molecule has 0 aromatic heterocycles. The summed E-state index contributed by atoms with van der Waals surface area (Å²) in [6.07, 6.45) is 1.91. The lowest BCUT2D eigenvalue weighted by molar-refractivity contribution is -0.141. The molecular weight excluding hydrogens is 500 g/mol. The van der Waals surface area contributed by atoms with Gasteiger partial charge in [0.25, 0.3) is 5.91 Å². The first-order valence-electron chi connectivity index (χ1n) is 13.3. The summed E-state index contributed by atoms with van der Waals surface area (Å²) >= 11 is 0. The Labute approximate surface area is 228 Å². The number of carbonyl (C=O) groups is 4. The molecule has 2 aromatic rings. The van der Waals surface area contributed by atoms with E-state index in [1.807, 2.05) is 36.4 Å². The minimum atomic E-state index is -1.07. The molecule has 4 rings (SSSR count). The highest BCUT2D eigenvalue weighted by Gasteiger charge is 2.30. The van der Waals surface area contributed by atoms with Crippen LogP contribution in [-0.2, 0) is 27.5 Å². The molecule has 0 aliphatic carbocycles. The van der Waals surface area contributed by atoms with Gasteiger partial charge in [-0.15, -0.1) is 0 Å². The largest absolute Gasteiger partial charge is 0.481 e. The van der Waals surface area contributed by atoms with Crippen molar-refractivity contribution in [3.05, 3.63) is 65.2 Å². The van der Waals surface area contributed by atoms with Gasteiger partial charge in [-0.2, -0.15) is 0 Å². The molecule has 0 spiro atoms. The van der Waals surface area contributed by atoms with E-state index in [0.717, 1.165) is 30.4 Å². The van der Waals surface area contributed by atoms with E-state index < -0.39 is 12.0 Å². The van der Waals surface area contributed by atoms with Crippen LogP contribution in [0.1, 0.15) is 47.2 Å². The first-order valence-corrected chi connectivity index (χ1v) is 13.3. The molecule has 10 heteroatoms. The van der Waals surface area contributed by atoms with Crippen LogP contribution >= 0.6 is 0 Å². The fraction of sp³-hybridized carbons (Fsp3) is 0.448. The average Bonchev–Trinajstić information content (AvgIpc) is 3.05. The second kappa shape index (κ2) is 12.6. The standard InChI is InChI=1S/C29H36N4O6/c1-31(13-10-20-11-14-33(15-12-20)29(38)39-19-21-6-4-3-5-7-21)27(36)22-8-9-23-18-32(2)28(37)25(17-26(34)35)30-24(23)16-22/h3-9,16,20,25,30H,10-15,17-19H2,1-2H3,(H,34,35). The van der Waals surface area contributed by atoms with Gasteiger partial charge in [-0.05, 0) is 48.4 Å². The third kappa shape index (κ3) is 7.28. The maximum Gasteiger partial charge on any atom is 0.410 e. The number of nitrogens with one attached hydrogen (secondary N) is 1. The van der Waals surface area contributed by atoms with Crippen molar-refractivity contribution in [2.45, 2.75) is 44.9 Å². The van der Waals surface area contributed by atoms with Crippen molar-refractivity contribution in [2.75, 3.05) is 39.0 Å². The number of hydrogen-bond donors (Lipinski definition) is 2. The average molecular weight is 537 g/mol. The van der Waals surface area contributed by atoms with E-state index in [9.17, 15) is 24.3 Å². The number of aliphatic carboxylic acids is 1. The van der Waals surface area contributed by atoms with Crippen molar-refractivity contribution >= 4 is 29.6 Å². The number of benzene rings is 2. The van der Waals surface area contributed by atoms with E-state index in [2.05, 4.69) is 5.32 Å². The highest BCUT2D eigenvalue weighted by Crippen LogP contribution is 2.26. The summed E-state index contributed by atoms with van der Waals surface area (Å²) in [5, 5.41) is 12.2. The first kappa shape index (κ1) is 27.9. The maximum absolute atomic E-state index is 13.2. The predicted molar refractivity (Wildman–Crippen MR) is 145 cm³/mol. The van der Waals surface area contributed by atoms with Crippen molar-refractivity contribution in [3.63, 3.8) is 0 Å². The highest BCUT2D eigenvalue weighted by molar-refractivity contribution is 5.96. The third-order valence-corrected chi connectivity index (χ3v) is 7.44. The normalized spacial score (nSPS) is 17.6. The van der Waals surface area contributed by atoms with E-state index in [4.69, 9.17) is 4.74 Å². The molecule has 2 aliphatic rings. The number of nitrogens with zero attached hydrogens (tertiary/aromatic N) is 3. The Morgan fingerprint density at radius 1 is 1.10 bits per heavy atom. The monoisotopic (exact) mass is 536 g/mol. The van der Waals surface area contributed by atoms with Gasteiger partial charge in [-0.1, -0.05) is 36.4 Å². The predicted octanol–water partition coefficient (Wildman–Crippen LogP) is 3.42. The molecule has 2 aliphatic heterocycles. The summed E-state index contributed by atoms with van der Waals surface area (Å²) in [5.74, 6) is -1.10. The van der Waals surface area contributed by atoms with Crippen molar-refractivity contribution < 1.29 is 29.0 Å². The second-order valence-corrected chi connectivity index (χ2v) is 10.3. The summed E-state index contributed by atoms with van der Waals surface area (Å²) in [6.45, 7) is 2.45. The molecule has 2 N–H and O–H groups in total. The molecule has 39 heavy (non-hydrogen) atoms. The SMILES string of the molecule is CN(CCC1CCN(C(=O)OCc2ccccc2)CC1)C(=O)c1ccc2c(c1)NC(CC(=O)O)C(=O)N(C)C2. The zero-order valence-corrected chi connectivity index (χ0v) is 22.5. The van der Waals surface area contributed by atoms with Gasteiger partial charge in [0, 0.05) is 51.5 Å². The Hall–Kier alpha value is -4.08. The summed E-state index contributed by atoms with van der Waals surface area (Å²) in [4.78, 5) is 54.3. The molecule has 1 saturated heterocycles. The number of anilines is 1. The summed E-state index contributed by atoms with van der Waals surface area (Å²) < 4.78 is 5.44. The van der Waals surface area contributed by atoms with Gasteiger partial charge in [0.1, 0.15) is 12.6 Å². The topological polar surface area (TPSA) is 119 Å². The zero-order chi connectivity index (χ0) is 27.9. The van der Waals surface area contributed by atoms with Crippen LogP contribution in [0.3, 0.4) is 0 Å². The lowest BCUT2D eigenvalue weighted by Gasteiger charge is -2.32. The van der Waals surface area contributed by atoms with Crippen molar-refractivity contribution in [1.29, 1.82) is 0 Å². The van der Waals surface area contributed by atoms with Crippen molar-refractivity contribution in [1.82, 2.24) is 14.7 Å². The minimum Gasteiger partial charge on any atom is -0.481 e. The fourth-order valence-corrected chi connectivity index (χ4v) is 5.06. The molecule has 2 aromatic carbocycles. The molecule has 0 saturated carbocycles. The number of rotatable bonds is 8. The third-order valence-electron chi connectivity index (χ3n) is 7.44. The Bertz CT molecular complexity index is 1200. The molecule has 3 amide bonds. The first-order chi connectivity index (χ1) is 18.7. The van der Waals surface area contributed by atoms with Gasteiger partial charge >= 0.3 is 12.1 Å². The number of likely N-dealkylation sites (N-methyl/N-ethyl adjacent to an activating group) is 1. The Kier molecular flexibility index (Phi) is 9.06. The zero-order valence-electron chi connectivity index (χ0n) is 22.5. The minimum absolute atomic E-state index is 0.139. The molecule has 208 valence electrons. The van der Waals surface area contributed by atoms with Gasteiger partial charge in [-0.25, -0.2) is 4.79 Å². The quantitative estimate of drug-likeness (QED) is 0.531. The molecule has 0 bridgehead atoms. The summed E-state index contributed by atoms with van der Waals surface area (Å²) in [5.41, 5.74) is 2.86. The highest BCUT2D eigenvalue weighted by atomic mass is 16.6. The van der Waals surface area contributed by atoms with E-state index in [1.165, 1.54) is 4.90 Å². The van der Waals surface area contributed by atoms with Gasteiger partial charge in [0.2, 0.25) is 5.91 Å². The Morgan fingerprint density at radius 2 is 1.82 bits per heavy atom. The number of hydrogen-bond acceptors (Lipinski definition) is 6. The fourth-order valence-electron chi connectivity index (χ4n) is 5.06. The molecular formula is C29H36N4O6. The van der Waals surface area contributed by atoms with Gasteiger partial charge in [0.15, 0.2) is 0 Å². The van der Waals surface area contributed by atoms with Crippen LogP contribution in [0.25, 0.3) is 0 Å². The van der Waals surface area contributed by atoms with E-state index >= 15 is 0 Å². The van der Waals surface area contributed by atoms with Crippen LogP contribution in [0.5, 0.6) is 0 Å². The number of carboxylic acids is 1. The number of amides is 3. The summed E-state index contributed by atoms with van der Waals surface area (Å²) in [7, 11) is 3.40. The molecule has 2 heterocycles. The second-order valence-electron chi connectivity index (χ2n) is 10.3. The number of carbonyl (C=O) groups excluding carboxylic acids is 3. The number of piperidine rings is 1. The van der Waals surface area contributed by atoms with E-state index in [1.54, 1.807) is 36.0 Å². The Morgan fingerprint density at radius 3 is 2.51 bits per heavy atom. The molecule has 1 fully saturated rings. The van der Waals surface area contributed by atoms with Crippen LogP contribution in [0.4, 0.5) is 10.5 Å². The lowest BCUT2D eigenvalue weighted by Crippen LogP contribution is -2.39. The van der Waals surface area contributed by atoms with Gasteiger partial charge in [-0.3, -0.25) is 14.4 Å². The van der Waals surface area contributed by atoms with Crippen molar-refractivity contribution in [3.8, 4) is 0 Å². The molecule has 1 unspecified atom stereocenters. The van der Waals surface area contributed by atoms with Crippen molar-refractivity contribution in [2.24, 2.45) is 5.92 Å². The van der Waals surface area contributed by atoms with E-state index in [0.29, 0.717) is 43.3 Å². The maximum atomic E-state index is 13.2. The van der Waals surface area contributed by atoms with Crippen LogP contribution in [-0.4, -0.2) is 83.5 Å². The molecule has 10 nitrogen and oxygen atoms in total. The van der Waals surface area contributed by atoms with Crippen LogP contribution < -0.4 is 5.32 Å². The number of likely N-dealkylation sites (tertiary alicyclic amines) is 1. The smallest absolute Gasteiger partial charge is 0.410 e. The van der Waals surface area contributed by atoms with Crippen LogP contribution in [0, 0.1) is 5.92 Å². The lowest BCUT2D eigenvalue weighted by atomic mass is 9.93. The Balaban J connectivity index is 1.26.